The van der Waals surface area contributed by atoms with Gasteiger partial charge in [-0.25, -0.2) is 4.79 Å². The van der Waals surface area contributed by atoms with Crippen LogP contribution in [0, 0.1) is 20.8 Å². The van der Waals surface area contributed by atoms with E-state index in [1.165, 1.54) is 29.1 Å². The fourth-order valence-electron chi connectivity index (χ4n) is 1.68. The molecule has 0 aliphatic heterocycles. The predicted molar refractivity (Wildman–Crippen MR) is 76.0 cm³/mol. The zero-order chi connectivity index (χ0) is 14.0. The molecular formula is C15H15NO2S. The minimum absolute atomic E-state index is 0.244. The van der Waals surface area contributed by atoms with E-state index in [2.05, 4.69) is 24.9 Å². The average Bonchev–Trinajstić information content (AvgIpc) is 2.33. The minimum Gasteiger partial charge on any atom is -0.478 e. The first kappa shape index (κ1) is 13.6. The molecule has 0 atom stereocenters. The molecule has 19 heavy (non-hydrogen) atoms. The summed E-state index contributed by atoms with van der Waals surface area (Å²) in [4.78, 5) is 17.0. The molecule has 2 aromatic rings. The van der Waals surface area contributed by atoms with E-state index in [1.54, 1.807) is 0 Å². The van der Waals surface area contributed by atoms with Crippen LogP contribution in [0.3, 0.4) is 0 Å². The molecule has 0 aliphatic rings. The fraction of sp³-hybridized carbons (Fsp3) is 0.200. The van der Waals surface area contributed by atoms with Gasteiger partial charge in [0.05, 0.1) is 5.56 Å². The number of carboxylic acids is 1. The molecule has 2 rings (SSSR count). The second-order valence-electron chi connectivity index (χ2n) is 4.48. The fourth-order valence-corrected chi connectivity index (χ4v) is 2.79. The molecule has 98 valence electrons. The van der Waals surface area contributed by atoms with Gasteiger partial charge in [0.1, 0.15) is 0 Å². The molecule has 1 aromatic carbocycles. The molecule has 1 aromatic heterocycles. The zero-order valence-electron chi connectivity index (χ0n) is 11.1. The van der Waals surface area contributed by atoms with Gasteiger partial charge < -0.3 is 5.11 Å². The monoisotopic (exact) mass is 273 g/mol. The molecule has 4 heteroatoms. The van der Waals surface area contributed by atoms with E-state index in [0.29, 0.717) is 0 Å². The van der Waals surface area contributed by atoms with Crippen molar-refractivity contribution in [3.63, 3.8) is 0 Å². The van der Waals surface area contributed by atoms with Gasteiger partial charge >= 0.3 is 5.97 Å². The number of carboxylic acid groups (broad SMARTS) is 1. The maximum atomic E-state index is 11.2. The molecule has 1 heterocycles. The lowest BCUT2D eigenvalue weighted by molar-refractivity contribution is 0.0692. The van der Waals surface area contributed by atoms with Gasteiger partial charge in [-0.1, -0.05) is 17.8 Å². The number of hydrogen-bond donors (Lipinski definition) is 1. The summed E-state index contributed by atoms with van der Waals surface area (Å²) >= 11 is 1.46. The standard InChI is InChI=1S/C15H15NO2S/c1-9-4-5-12(6-10(9)2)19-14-7-11(3)16-8-13(14)15(17)18/h4-8H,1-3H3,(H,17,18). The third-order valence-corrected chi connectivity index (χ3v) is 3.99. The molecule has 0 fully saturated rings. The van der Waals surface area contributed by atoms with Gasteiger partial charge in [-0.05, 0) is 50.1 Å². The van der Waals surface area contributed by atoms with E-state index in [9.17, 15) is 9.90 Å². The van der Waals surface area contributed by atoms with Gasteiger partial charge in [0.15, 0.2) is 0 Å². The van der Waals surface area contributed by atoms with Crippen LogP contribution in [-0.4, -0.2) is 16.1 Å². The quantitative estimate of drug-likeness (QED) is 0.922. The minimum atomic E-state index is -0.946. The first-order valence-electron chi connectivity index (χ1n) is 5.92. The lowest BCUT2D eigenvalue weighted by Gasteiger charge is -2.08. The summed E-state index contributed by atoms with van der Waals surface area (Å²) in [5, 5.41) is 9.18. The predicted octanol–water partition coefficient (Wildman–Crippen LogP) is 3.86. The van der Waals surface area contributed by atoms with Crippen molar-refractivity contribution in [2.45, 2.75) is 30.6 Å². The number of carbonyl (C=O) groups is 1. The number of aryl methyl sites for hydroxylation is 3. The van der Waals surface area contributed by atoms with Crippen LogP contribution in [0.15, 0.2) is 40.3 Å². The summed E-state index contributed by atoms with van der Waals surface area (Å²) in [5.74, 6) is -0.946. The molecule has 0 bridgehead atoms. The SMILES string of the molecule is Cc1cc(Sc2ccc(C)c(C)c2)c(C(=O)O)cn1. The molecular weight excluding hydrogens is 258 g/mol. The zero-order valence-corrected chi connectivity index (χ0v) is 11.9. The van der Waals surface area contributed by atoms with E-state index in [1.807, 2.05) is 25.1 Å². The van der Waals surface area contributed by atoms with Crippen molar-refractivity contribution in [1.29, 1.82) is 0 Å². The summed E-state index contributed by atoms with van der Waals surface area (Å²) in [6.07, 6.45) is 1.42. The lowest BCUT2D eigenvalue weighted by Crippen LogP contribution is -2.00. The van der Waals surface area contributed by atoms with Crippen molar-refractivity contribution in [3.8, 4) is 0 Å². The van der Waals surface area contributed by atoms with Gasteiger partial charge in [0.25, 0.3) is 0 Å². The number of hydrogen-bond acceptors (Lipinski definition) is 3. The van der Waals surface area contributed by atoms with Crippen LogP contribution in [0.5, 0.6) is 0 Å². The Balaban J connectivity index is 2.39. The van der Waals surface area contributed by atoms with Crippen molar-refractivity contribution in [3.05, 3.63) is 52.8 Å². The van der Waals surface area contributed by atoms with Gasteiger partial charge in [0.2, 0.25) is 0 Å². The molecule has 0 saturated carbocycles. The van der Waals surface area contributed by atoms with Crippen LogP contribution >= 0.6 is 11.8 Å². The highest BCUT2D eigenvalue weighted by atomic mass is 32.2. The maximum Gasteiger partial charge on any atom is 0.338 e. The summed E-state index contributed by atoms with van der Waals surface area (Å²) < 4.78 is 0. The molecule has 0 unspecified atom stereocenters. The van der Waals surface area contributed by atoms with Crippen LogP contribution in [0.4, 0.5) is 0 Å². The highest BCUT2D eigenvalue weighted by Gasteiger charge is 2.12. The first-order valence-corrected chi connectivity index (χ1v) is 6.74. The van der Waals surface area contributed by atoms with E-state index in [4.69, 9.17) is 0 Å². The van der Waals surface area contributed by atoms with Crippen LogP contribution in [-0.2, 0) is 0 Å². The Morgan fingerprint density at radius 3 is 2.53 bits per heavy atom. The Hall–Kier alpha value is -1.81. The molecule has 0 saturated heterocycles. The number of rotatable bonds is 3. The second-order valence-corrected chi connectivity index (χ2v) is 5.59. The third-order valence-electron chi connectivity index (χ3n) is 2.94. The van der Waals surface area contributed by atoms with Crippen molar-refractivity contribution in [2.24, 2.45) is 0 Å². The summed E-state index contributed by atoms with van der Waals surface area (Å²) in [6, 6.07) is 7.94. The molecule has 0 amide bonds. The largest absolute Gasteiger partial charge is 0.478 e. The van der Waals surface area contributed by atoms with Gasteiger partial charge in [-0.15, -0.1) is 0 Å². The van der Waals surface area contributed by atoms with E-state index in [0.717, 1.165) is 15.5 Å². The van der Waals surface area contributed by atoms with E-state index >= 15 is 0 Å². The number of nitrogens with zero attached hydrogens (tertiary/aromatic N) is 1. The van der Waals surface area contributed by atoms with Crippen LogP contribution in [0.1, 0.15) is 27.2 Å². The second kappa shape index (κ2) is 5.45. The van der Waals surface area contributed by atoms with Crippen molar-refractivity contribution in [2.75, 3.05) is 0 Å². The van der Waals surface area contributed by atoms with Crippen LogP contribution in [0.2, 0.25) is 0 Å². The third kappa shape index (κ3) is 3.15. The van der Waals surface area contributed by atoms with Crippen LogP contribution in [0.25, 0.3) is 0 Å². The Morgan fingerprint density at radius 1 is 1.16 bits per heavy atom. The number of aromatic carboxylic acids is 1. The Bertz CT molecular complexity index is 638. The Labute approximate surface area is 116 Å². The van der Waals surface area contributed by atoms with Crippen molar-refractivity contribution in [1.82, 2.24) is 4.98 Å². The molecule has 0 radical (unpaired) electrons. The Kier molecular flexibility index (Phi) is 3.90. The molecule has 1 N–H and O–H groups in total. The van der Waals surface area contributed by atoms with Crippen molar-refractivity contribution >= 4 is 17.7 Å². The van der Waals surface area contributed by atoms with Crippen molar-refractivity contribution < 1.29 is 9.90 Å². The highest BCUT2D eigenvalue weighted by Crippen LogP contribution is 2.31. The van der Waals surface area contributed by atoms with Crippen LogP contribution < -0.4 is 0 Å². The lowest BCUT2D eigenvalue weighted by atomic mass is 10.1. The molecule has 0 spiro atoms. The Morgan fingerprint density at radius 2 is 1.89 bits per heavy atom. The number of aromatic nitrogens is 1. The van der Waals surface area contributed by atoms with E-state index < -0.39 is 5.97 Å². The van der Waals surface area contributed by atoms with E-state index in [-0.39, 0.29) is 5.56 Å². The average molecular weight is 273 g/mol. The normalized spacial score (nSPS) is 10.5. The summed E-state index contributed by atoms with van der Waals surface area (Å²) in [5.41, 5.74) is 3.49. The highest BCUT2D eigenvalue weighted by molar-refractivity contribution is 7.99. The number of pyridine rings is 1. The maximum absolute atomic E-state index is 11.2. The molecule has 0 aliphatic carbocycles. The summed E-state index contributed by atoms with van der Waals surface area (Å²) in [7, 11) is 0. The summed E-state index contributed by atoms with van der Waals surface area (Å²) in [6.45, 7) is 5.97. The first-order chi connectivity index (χ1) is 8.97. The number of benzene rings is 1. The smallest absolute Gasteiger partial charge is 0.338 e. The van der Waals surface area contributed by atoms with Gasteiger partial charge in [0, 0.05) is 21.7 Å². The van der Waals surface area contributed by atoms with Gasteiger partial charge in [-0.2, -0.15) is 0 Å². The topological polar surface area (TPSA) is 50.2 Å². The van der Waals surface area contributed by atoms with Gasteiger partial charge in [-0.3, -0.25) is 4.98 Å². The molecule has 3 nitrogen and oxygen atoms in total.